The Hall–Kier alpha value is -2.31. The number of carbonyl (C=O) groups excluding carboxylic acids is 1. The van der Waals surface area contributed by atoms with Crippen molar-refractivity contribution in [3.8, 4) is 0 Å². The third kappa shape index (κ3) is 3.42. The van der Waals surface area contributed by atoms with Crippen molar-refractivity contribution in [3.05, 3.63) is 105 Å². The van der Waals surface area contributed by atoms with E-state index in [-0.39, 0.29) is 5.78 Å². The molecule has 1 unspecified atom stereocenters. The molecule has 4 rings (SSSR count). The molecule has 28 heavy (non-hydrogen) atoms. The number of thiophene rings is 1. The Morgan fingerprint density at radius 2 is 1.79 bits per heavy atom. The monoisotopic (exact) mass is 425 g/mol. The molecule has 3 nitrogen and oxygen atoms in total. The molecule has 6 heteroatoms. The van der Waals surface area contributed by atoms with E-state index in [1.807, 2.05) is 53.9 Å². The van der Waals surface area contributed by atoms with Crippen LogP contribution in [0.4, 0.5) is 0 Å². The van der Waals surface area contributed by atoms with Crippen molar-refractivity contribution in [2.24, 2.45) is 0 Å². The predicted molar refractivity (Wildman–Crippen MR) is 117 cm³/mol. The molecule has 1 aliphatic heterocycles. The summed E-state index contributed by atoms with van der Waals surface area (Å²) < 4.78 is 0. The maximum absolute atomic E-state index is 13.0. The minimum atomic E-state index is -1.50. The van der Waals surface area contributed by atoms with E-state index in [4.69, 9.17) is 23.8 Å². The van der Waals surface area contributed by atoms with Crippen LogP contribution in [-0.4, -0.2) is 20.8 Å². The quantitative estimate of drug-likeness (QED) is 0.450. The van der Waals surface area contributed by atoms with Crippen molar-refractivity contribution < 1.29 is 9.90 Å². The summed E-state index contributed by atoms with van der Waals surface area (Å²) in [7, 11) is 0. The molecule has 0 bridgehead atoms. The van der Waals surface area contributed by atoms with Gasteiger partial charge in [0, 0.05) is 17.1 Å². The lowest BCUT2D eigenvalue weighted by atomic mass is 10.0. The fourth-order valence-corrected chi connectivity index (χ4v) is 4.39. The molecule has 1 aromatic heterocycles. The van der Waals surface area contributed by atoms with E-state index in [1.165, 1.54) is 11.3 Å². The van der Waals surface area contributed by atoms with Crippen LogP contribution in [0.15, 0.2) is 83.8 Å². The Morgan fingerprint density at radius 1 is 1.07 bits per heavy atom. The van der Waals surface area contributed by atoms with Crippen molar-refractivity contribution in [2.75, 3.05) is 0 Å². The Kier molecular flexibility index (Phi) is 5.17. The highest BCUT2D eigenvalue weighted by Crippen LogP contribution is 2.38. The van der Waals surface area contributed by atoms with Gasteiger partial charge in [-0.2, -0.15) is 0 Å². The number of benzene rings is 2. The maximum Gasteiger partial charge on any atom is 0.205 e. The second-order valence-corrected chi connectivity index (χ2v) is 8.25. The molecule has 1 atom stereocenters. The summed E-state index contributed by atoms with van der Waals surface area (Å²) in [6.45, 7) is 0.346. The minimum absolute atomic E-state index is 0.173. The smallest absolute Gasteiger partial charge is 0.205 e. The molecule has 1 aliphatic rings. The molecule has 2 aromatic carbocycles. The topological polar surface area (TPSA) is 40.5 Å². The average Bonchev–Trinajstić information content (AvgIpc) is 3.33. The largest absolute Gasteiger partial charge is 0.363 e. The Morgan fingerprint density at radius 3 is 2.43 bits per heavy atom. The van der Waals surface area contributed by atoms with E-state index in [9.17, 15) is 9.90 Å². The van der Waals surface area contributed by atoms with Gasteiger partial charge in [0.25, 0.3) is 0 Å². The third-order valence-corrected chi connectivity index (χ3v) is 6.24. The van der Waals surface area contributed by atoms with E-state index in [0.717, 1.165) is 5.56 Å². The van der Waals surface area contributed by atoms with Gasteiger partial charge in [-0.25, -0.2) is 0 Å². The summed E-state index contributed by atoms with van der Waals surface area (Å²) >= 11 is 13.0. The number of halogens is 1. The van der Waals surface area contributed by atoms with Crippen molar-refractivity contribution in [3.63, 3.8) is 0 Å². The number of thiocarbonyl (C=S) groups is 1. The molecule has 0 amide bonds. The van der Waals surface area contributed by atoms with Crippen LogP contribution in [0.3, 0.4) is 0 Å². The van der Waals surface area contributed by atoms with Crippen LogP contribution in [0.1, 0.15) is 20.8 Å². The number of rotatable bonds is 5. The SMILES string of the molecule is O=C(C1=CC(O)(c2ccccc2)N(Cc2ccc(Cl)cc2)C1=S)c1cccs1. The number of carbonyl (C=O) groups is 1. The molecule has 0 spiro atoms. The molecule has 140 valence electrons. The van der Waals surface area contributed by atoms with Crippen LogP contribution < -0.4 is 0 Å². The summed E-state index contributed by atoms with van der Waals surface area (Å²) in [5.41, 5.74) is 0.428. The second kappa shape index (κ2) is 7.60. The normalized spacial score (nSPS) is 19.0. The Balaban J connectivity index is 1.76. The number of hydrogen-bond acceptors (Lipinski definition) is 4. The summed E-state index contributed by atoms with van der Waals surface area (Å²) in [4.78, 5) is 15.6. The average molecular weight is 426 g/mol. The molecule has 0 aliphatic carbocycles. The highest BCUT2D eigenvalue weighted by molar-refractivity contribution is 7.80. The van der Waals surface area contributed by atoms with E-state index >= 15 is 0 Å². The highest BCUT2D eigenvalue weighted by Gasteiger charge is 2.44. The maximum atomic E-state index is 13.0. The highest BCUT2D eigenvalue weighted by atomic mass is 35.5. The molecule has 0 saturated carbocycles. The van der Waals surface area contributed by atoms with Gasteiger partial charge < -0.3 is 10.0 Å². The summed E-state index contributed by atoms with van der Waals surface area (Å²) in [6.07, 6.45) is 1.57. The second-order valence-electron chi connectivity index (χ2n) is 6.47. The first-order valence-corrected chi connectivity index (χ1v) is 10.3. The van der Waals surface area contributed by atoms with Gasteiger partial charge in [0.2, 0.25) is 5.78 Å². The molecule has 0 saturated heterocycles. The summed E-state index contributed by atoms with van der Waals surface area (Å²) in [5, 5.41) is 14.1. The van der Waals surface area contributed by atoms with Crippen molar-refractivity contribution in [2.45, 2.75) is 12.3 Å². The standard InChI is InChI=1S/C22H16ClNO2S2/c23-17-10-8-15(9-11-17)14-24-21(27)18(20(25)19-7-4-12-28-19)13-22(24,26)16-5-2-1-3-6-16/h1-13,26H,14H2. The van der Waals surface area contributed by atoms with Gasteiger partial charge in [-0.05, 0) is 35.2 Å². The number of aliphatic hydroxyl groups is 1. The Labute approximate surface area is 177 Å². The minimum Gasteiger partial charge on any atom is -0.363 e. The van der Waals surface area contributed by atoms with Crippen molar-refractivity contribution >= 4 is 45.9 Å². The molecule has 1 N–H and O–H groups in total. The van der Waals surface area contributed by atoms with Crippen molar-refractivity contribution in [1.29, 1.82) is 0 Å². The van der Waals surface area contributed by atoms with Gasteiger partial charge in [0.1, 0.15) is 4.99 Å². The van der Waals surface area contributed by atoms with Crippen LogP contribution in [0.5, 0.6) is 0 Å². The number of hydrogen-bond donors (Lipinski definition) is 1. The molecular weight excluding hydrogens is 410 g/mol. The lowest BCUT2D eigenvalue weighted by Crippen LogP contribution is -2.43. The first-order chi connectivity index (χ1) is 13.5. The van der Waals surface area contributed by atoms with E-state index in [2.05, 4.69) is 0 Å². The van der Waals surface area contributed by atoms with E-state index < -0.39 is 5.72 Å². The van der Waals surface area contributed by atoms with Gasteiger partial charge in [-0.3, -0.25) is 4.79 Å². The number of ketones is 1. The zero-order chi connectivity index (χ0) is 19.7. The summed E-state index contributed by atoms with van der Waals surface area (Å²) in [5.74, 6) is -0.173. The van der Waals surface area contributed by atoms with Crippen LogP contribution in [0.2, 0.25) is 5.02 Å². The lowest BCUT2D eigenvalue weighted by Gasteiger charge is -2.35. The fourth-order valence-electron chi connectivity index (χ4n) is 3.23. The Bertz CT molecular complexity index is 1050. The van der Waals surface area contributed by atoms with Crippen LogP contribution >= 0.6 is 35.2 Å². The third-order valence-electron chi connectivity index (χ3n) is 4.67. The van der Waals surface area contributed by atoms with Gasteiger partial charge in [-0.15, -0.1) is 11.3 Å². The summed E-state index contributed by atoms with van der Waals surface area (Å²) in [6, 6.07) is 20.2. The molecule has 0 fully saturated rings. The fraction of sp³-hybridized carbons (Fsp3) is 0.0909. The lowest BCUT2D eigenvalue weighted by molar-refractivity contribution is -0.0269. The predicted octanol–water partition coefficient (Wildman–Crippen LogP) is 5.20. The number of Topliss-reactive ketones (excluding diaryl/α,β-unsaturated/α-hetero) is 1. The van der Waals surface area contributed by atoms with Gasteiger partial charge in [-0.1, -0.05) is 72.3 Å². The van der Waals surface area contributed by atoms with Gasteiger partial charge >= 0.3 is 0 Å². The molecule has 2 heterocycles. The van der Waals surface area contributed by atoms with Crippen LogP contribution in [-0.2, 0) is 12.3 Å². The van der Waals surface area contributed by atoms with E-state index in [1.54, 1.807) is 29.2 Å². The van der Waals surface area contributed by atoms with Crippen LogP contribution in [0.25, 0.3) is 0 Å². The van der Waals surface area contributed by atoms with Crippen molar-refractivity contribution in [1.82, 2.24) is 4.90 Å². The van der Waals surface area contributed by atoms with Gasteiger partial charge in [0.15, 0.2) is 5.72 Å². The first-order valence-electron chi connectivity index (χ1n) is 8.64. The van der Waals surface area contributed by atoms with Crippen LogP contribution in [0, 0.1) is 0 Å². The zero-order valence-corrected chi connectivity index (χ0v) is 17.1. The number of nitrogens with zero attached hydrogens (tertiary/aromatic N) is 1. The molecule has 0 radical (unpaired) electrons. The van der Waals surface area contributed by atoms with E-state index in [0.29, 0.717) is 32.6 Å². The molecule has 3 aromatic rings. The first kappa shape index (κ1) is 19.0. The van der Waals surface area contributed by atoms with Gasteiger partial charge in [0.05, 0.1) is 10.5 Å². The molecular formula is C22H16ClNO2S2. The zero-order valence-electron chi connectivity index (χ0n) is 14.7.